The second kappa shape index (κ2) is 9.20. The number of ether oxygens (including phenoxy) is 2. The molecule has 0 radical (unpaired) electrons. The molecule has 0 spiro atoms. The van der Waals surface area contributed by atoms with Crippen molar-refractivity contribution in [3.63, 3.8) is 0 Å². The Hall–Kier alpha value is -2.60. The number of hydrogen-bond donors (Lipinski definition) is 2. The zero-order chi connectivity index (χ0) is 18.2. The van der Waals surface area contributed by atoms with E-state index in [4.69, 9.17) is 9.47 Å². The van der Waals surface area contributed by atoms with Gasteiger partial charge in [-0.3, -0.25) is 5.32 Å². The number of nitrogens with one attached hydrogen (secondary N) is 2. The molecule has 1 aliphatic heterocycles. The standard InChI is InChI=1S/C20H25N3O3/c1-2-12-26-20(24)23-19-18-7-6-17(14-15(18)8-11-22-19)25-13-9-16-5-3-4-10-21-16/h2,6-8,11,14,16,21H,1,3-5,9-10,12-13H2,(H,22,23,24). The largest absolute Gasteiger partial charge is 0.494 e. The summed E-state index contributed by atoms with van der Waals surface area (Å²) in [5.41, 5.74) is 0. The number of pyridine rings is 1. The number of benzene rings is 1. The zero-order valence-corrected chi connectivity index (χ0v) is 14.9. The molecule has 2 aromatic rings. The van der Waals surface area contributed by atoms with Crippen molar-refractivity contribution in [2.75, 3.05) is 25.1 Å². The van der Waals surface area contributed by atoms with Gasteiger partial charge >= 0.3 is 6.09 Å². The predicted molar refractivity (Wildman–Crippen MR) is 103 cm³/mol. The summed E-state index contributed by atoms with van der Waals surface area (Å²) in [5, 5.41) is 7.97. The van der Waals surface area contributed by atoms with Crippen LogP contribution in [-0.2, 0) is 4.74 Å². The molecule has 26 heavy (non-hydrogen) atoms. The quantitative estimate of drug-likeness (QED) is 0.738. The van der Waals surface area contributed by atoms with E-state index in [-0.39, 0.29) is 6.61 Å². The summed E-state index contributed by atoms with van der Waals surface area (Å²) in [7, 11) is 0. The van der Waals surface area contributed by atoms with Gasteiger partial charge in [0.25, 0.3) is 0 Å². The molecule has 0 bridgehead atoms. The molecule has 2 heterocycles. The number of piperidine rings is 1. The van der Waals surface area contributed by atoms with Gasteiger partial charge in [0.1, 0.15) is 18.2 Å². The maximum absolute atomic E-state index is 11.7. The number of nitrogens with zero attached hydrogens (tertiary/aromatic N) is 1. The molecule has 2 N–H and O–H groups in total. The Morgan fingerprint density at radius 2 is 2.31 bits per heavy atom. The molecule has 138 valence electrons. The molecule has 1 aromatic carbocycles. The SMILES string of the molecule is C=CCOC(=O)Nc1nccc2cc(OCCC3CCCCN3)ccc12. The van der Waals surface area contributed by atoms with Crippen molar-refractivity contribution in [2.24, 2.45) is 0 Å². The van der Waals surface area contributed by atoms with E-state index in [0.29, 0.717) is 18.5 Å². The topological polar surface area (TPSA) is 72.5 Å². The van der Waals surface area contributed by atoms with E-state index in [9.17, 15) is 4.79 Å². The second-order valence-electron chi connectivity index (χ2n) is 6.34. The van der Waals surface area contributed by atoms with Gasteiger partial charge in [-0.15, -0.1) is 0 Å². The van der Waals surface area contributed by atoms with E-state index in [1.165, 1.54) is 25.3 Å². The molecule has 0 aliphatic carbocycles. The minimum atomic E-state index is -0.551. The molecule has 1 aromatic heterocycles. The fourth-order valence-corrected chi connectivity index (χ4v) is 3.10. The van der Waals surface area contributed by atoms with Crippen LogP contribution >= 0.6 is 0 Å². The number of anilines is 1. The van der Waals surface area contributed by atoms with E-state index in [2.05, 4.69) is 22.2 Å². The van der Waals surface area contributed by atoms with Crippen molar-refractivity contribution in [1.82, 2.24) is 10.3 Å². The first-order chi connectivity index (χ1) is 12.8. The van der Waals surface area contributed by atoms with Crippen LogP contribution in [0.15, 0.2) is 43.1 Å². The molecule has 1 amide bonds. The van der Waals surface area contributed by atoms with Crippen LogP contribution in [0.5, 0.6) is 5.75 Å². The first-order valence-electron chi connectivity index (χ1n) is 9.06. The first kappa shape index (κ1) is 18.2. The Balaban J connectivity index is 1.61. The van der Waals surface area contributed by atoms with E-state index in [1.54, 1.807) is 6.20 Å². The van der Waals surface area contributed by atoms with Crippen LogP contribution in [0.2, 0.25) is 0 Å². The molecule has 1 saturated heterocycles. The molecular weight excluding hydrogens is 330 g/mol. The highest BCUT2D eigenvalue weighted by Gasteiger charge is 2.12. The Bertz CT molecular complexity index is 757. The van der Waals surface area contributed by atoms with Gasteiger partial charge in [0.05, 0.1) is 6.61 Å². The van der Waals surface area contributed by atoms with E-state index >= 15 is 0 Å². The number of rotatable bonds is 7. The second-order valence-corrected chi connectivity index (χ2v) is 6.34. The lowest BCUT2D eigenvalue weighted by Gasteiger charge is -2.23. The Morgan fingerprint density at radius 1 is 1.38 bits per heavy atom. The van der Waals surface area contributed by atoms with Gasteiger partial charge < -0.3 is 14.8 Å². The predicted octanol–water partition coefficient (Wildman–Crippen LogP) is 3.88. The third kappa shape index (κ3) is 4.95. The fourth-order valence-electron chi connectivity index (χ4n) is 3.10. The van der Waals surface area contributed by atoms with Crippen molar-refractivity contribution in [2.45, 2.75) is 31.7 Å². The summed E-state index contributed by atoms with van der Waals surface area (Å²) >= 11 is 0. The van der Waals surface area contributed by atoms with Crippen molar-refractivity contribution in [3.05, 3.63) is 43.1 Å². The Labute approximate surface area is 153 Å². The van der Waals surface area contributed by atoms with Crippen LogP contribution in [0.25, 0.3) is 10.8 Å². The number of aromatic nitrogens is 1. The Morgan fingerprint density at radius 3 is 3.12 bits per heavy atom. The molecule has 6 heteroatoms. The van der Waals surface area contributed by atoms with Gasteiger partial charge in [-0.2, -0.15) is 0 Å². The number of hydrogen-bond acceptors (Lipinski definition) is 5. The lowest BCUT2D eigenvalue weighted by Crippen LogP contribution is -2.35. The van der Waals surface area contributed by atoms with E-state index < -0.39 is 6.09 Å². The monoisotopic (exact) mass is 355 g/mol. The van der Waals surface area contributed by atoms with Gasteiger partial charge in [0.15, 0.2) is 0 Å². The number of amides is 1. The normalized spacial score (nSPS) is 16.8. The molecular formula is C20H25N3O3. The van der Waals surface area contributed by atoms with Crippen LogP contribution in [0, 0.1) is 0 Å². The molecule has 1 unspecified atom stereocenters. The maximum Gasteiger partial charge on any atom is 0.413 e. The van der Waals surface area contributed by atoms with Gasteiger partial charge in [0, 0.05) is 17.6 Å². The molecule has 1 atom stereocenters. The summed E-state index contributed by atoms with van der Waals surface area (Å²) in [6.07, 6.45) is 7.42. The zero-order valence-electron chi connectivity index (χ0n) is 14.9. The highest BCUT2D eigenvalue weighted by Crippen LogP contribution is 2.26. The van der Waals surface area contributed by atoms with Crippen LogP contribution < -0.4 is 15.4 Å². The van der Waals surface area contributed by atoms with Crippen LogP contribution in [0.1, 0.15) is 25.7 Å². The maximum atomic E-state index is 11.7. The first-order valence-corrected chi connectivity index (χ1v) is 9.06. The summed E-state index contributed by atoms with van der Waals surface area (Å²) in [6.45, 7) is 5.47. The van der Waals surface area contributed by atoms with Crippen molar-refractivity contribution in [3.8, 4) is 5.75 Å². The third-order valence-corrected chi connectivity index (χ3v) is 4.44. The van der Waals surface area contributed by atoms with Crippen LogP contribution in [0.3, 0.4) is 0 Å². The van der Waals surface area contributed by atoms with Gasteiger partial charge in [-0.1, -0.05) is 19.1 Å². The van der Waals surface area contributed by atoms with Crippen LogP contribution in [-0.4, -0.2) is 36.9 Å². The smallest absolute Gasteiger partial charge is 0.413 e. The number of carbonyl (C=O) groups is 1. The third-order valence-electron chi connectivity index (χ3n) is 4.44. The molecule has 6 nitrogen and oxygen atoms in total. The van der Waals surface area contributed by atoms with Gasteiger partial charge in [-0.25, -0.2) is 9.78 Å². The van der Waals surface area contributed by atoms with Crippen LogP contribution in [0.4, 0.5) is 10.6 Å². The lowest BCUT2D eigenvalue weighted by atomic mass is 10.0. The van der Waals surface area contributed by atoms with Crippen molar-refractivity contribution in [1.29, 1.82) is 0 Å². The Kier molecular flexibility index (Phi) is 6.44. The summed E-state index contributed by atoms with van der Waals surface area (Å²) in [4.78, 5) is 15.9. The number of fused-ring (bicyclic) bond motifs is 1. The molecule has 1 fully saturated rings. The average molecular weight is 355 g/mol. The summed E-state index contributed by atoms with van der Waals surface area (Å²) < 4.78 is 10.8. The van der Waals surface area contributed by atoms with E-state index in [0.717, 1.165) is 29.5 Å². The van der Waals surface area contributed by atoms with Gasteiger partial charge in [-0.05, 0) is 55.5 Å². The average Bonchev–Trinajstić information content (AvgIpc) is 2.67. The highest BCUT2D eigenvalue weighted by atomic mass is 16.5. The fraction of sp³-hybridized carbons (Fsp3) is 0.400. The van der Waals surface area contributed by atoms with Crippen molar-refractivity contribution < 1.29 is 14.3 Å². The molecule has 1 aliphatic rings. The number of carbonyl (C=O) groups excluding carboxylic acids is 1. The van der Waals surface area contributed by atoms with E-state index in [1.807, 2.05) is 24.3 Å². The highest BCUT2D eigenvalue weighted by molar-refractivity contribution is 5.98. The molecule has 3 rings (SSSR count). The minimum Gasteiger partial charge on any atom is -0.494 e. The lowest BCUT2D eigenvalue weighted by molar-refractivity contribution is 0.174. The van der Waals surface area contributed by atoms with Crippen molar-refractivity contribution >= 4 is 22.7 Å². The summed E-state index contributed by atoms with van der Waals surface area (Å²) in [6, 6.07) is 8.22. The van der Waals surface area contributed by atoms with Gasteiger partial charge in [0.2, 0.25) is 0 Å². The minimum absolute atomic E-state index is 0.157. The summed E-state index contributed by atoms with van der Waals surface area (Å²) in [5.74, 6) is 1.29. The molecule has 0 saturated carbocycles.